The van der Waals surface area contributed by atoms with Gasteiger partial charge in [-0.3, -0.25) is 0 Å². The number of nitrogens with one attached hydrogen (secondary N) is 1. The second-order valence-corrected chi connectivity index (χ2v) is 21.5. The minimum atomic E-state index is -1.60. The van der Waals surface area contributed by atoms with Crippen molar-refractivity contribution in [3.63, 3.8) is 0 Å². The summed E-state index contributed by atoms with van der Waals surface area (Å²) in [5, 5.41) is 138. The zero-order valence-electron chi connectivity index (χ0n) is 43.3. The summed E-state index contributed by atoms with van der Waals surface area (Å²) in [6, 6.07) is -8.23. The van der Waals surface area contributed by atoms with Gasteiger partial charge in [-0.05, 0) is 26.3 Å². The van der Waals surface area contributed by atoms with E-state index in [1.807, 2.05) is 0 Å². The molecule has 6 heterocycles. The maximum absolute atomic E-state index is 11.1. The standard InChI is InChI=1S/C23H46N6O13.C21H41N5O11/c24-2-7-13(32)15(34)10(28)21(37-7)40-18-6(27)1-5(26)12(31)20(18)42-23-17(36)19(9(4-30)39-23)41-22-11(29)16(35)14(33)8(3-25)38-22;1-26-11-14(30)18-8(33-20(11)37-21-16(32)13(29)10(25)9(4-27)34-21)3-7(24)19(36-18)35-17-6(23)2-5(22)12(28)15(17)31/h5-23,30-36H,1-4,24-29H2;5-21,26-32H,2-4,22-25H2,1H3/t5-,6+,7-,8+,9-,10-,11-,12+,13-,14-,15-,16-,17-,18-,19-,20-,21-,22-,23+;5-,6+,7-,8+,9-,10-,11+,12+,13+,14-,15-,16-,17-,18+,19+,20-,21-/m11/s1. The van der Waals surface area contributed by atoms with Crippen molar-refractivity contribution >= 4 is 0 Å². The van der Waals surface area contributed by atoms with Gasteiger partial charge in [-0.15, -0.1) is 0 Å². The summed E-state index contributed by atoms with van der Waals surface area (Å²) in [4.78, 5) is 0. The highest BCUT2D eigenvalue weighted by Gasteiger charge is 2.57. The summed E-state index contributed by atoms with van der Waals surface area (Å²) in [6.07, 6.45) is -33.5. The van der Waals surface area contributed by atoms with Crippen LogP contribution in [0.25, 0.3) is 0 Å². The van der Waals surface area contributed by atoms with E-state index in [1.54, 1.807) is 7.05 Å². The van der Waals surface area contributed by atoms with Crippen molar-refractivity contribution in [1.82, 2.24) is 5.32 Å². The Bertz CT molecular complexity index is 1880. The first-order valence-corrected chi connectivity index (χ1v) is 26.3. The monoisotopic (exact) mass is 1150 g/mol. The average molecular weight is 1150 g/mol. The van der Waals surface area contributed by atoms with Crippen molar-refractivity contribution in [2.45, 2.75) is 240 Å². The van der Waals surface area contributed by atoms with E-state index < -0.39 is 234 Å². The SMILES string of the molecule is CN[C@@H]1[C@@H](O[C@H]2O[C@H](CO)[C@@H](N)[C@H](O)[C@H]2O)O[C@H]2C[C@@H](N)[C@@H](O[C@H]3[C@H](O)[C@@H](O)[C@H](N)C[C@@H]3N)O[C@@H]2[C@@H]1O.NC[C@@H]1O[C@H](O[C@H]2[C@@H](O)[C@H](O[C@@H]3[C@@H](O)[C@H](N)C[C@H](N)[C@H]3O[C@H]3O[C@H](CN)[C@@H](O)[C@H](O)[C@H]3N)O[C@@H]2CO)[C@H](N)[C@@H](O)[C@@H]1O. The van der Waals surface area contributed by atoms with Crippen LogP contribution in [0.15, 0.2) is 0 Å². The number of aliphatic hydroxyl groups excluding tert-OH is 13. The topological polar surface area (TPSA) is 637 Å². The lowest BCUT2D eigenvalue weighted by molar-refractivity contribution is -0.373. The fourth-order valence-electron chi connectivity index (χ4n) is 11.2. The van der Waals surface area contributed by atoms with Crippen LogP contribution in [0.3, 0.4) is 0 Å². The summed E-state index contributed by atoms with van der Waals surface area (Å²) < 4.78 is 63.8. The summed E-state index contributed by atoms with van der Waals surface area (Å²) in [6.45, 7) is -1.48. The molecule has 0 bridgehead atoms. The van der Waals surface area contributed by atoms with Gasteiger partial charge in [-0.1, -0.05) is 0 Å². The van der Waals surface area contributed by atoms with E-state index in [2.05, 4.69) is 5.32 Å². The Morgan fingerprint density at radius 2 is 0.835 bits per heavy atom. The molecule has 79 heavy (non-hydrogen) atoms. The van der Waals surface area contributed by atoms with Crippen molar-refractivity contribution in [2.24, 2.45) is 57.3 Å². The maximum Gasteiger partial charge on any atom is 0.189 e. The van der Waals surface area contributed by atoms with Gasteiger partial charge in [0.15, 0.2) is 37.7 Å². The number of ether oxygens (including phenoxy) is 11. The molecule has 2 aliphatic carbocycles. The molecule has 8 aliphatic rings. The van der Waals surface area contributed by atoms with E-state index in [9.17, 15) is 66.4 Å². The molecule has 34 N–H and O–H groups in total. The lowest BCUT2D eigenvalue weighted by Crippen LogP contribution is -2.70. The normalized spacial score (nSPS) is 54.4. The number of nitrogens with two attached hydrogens (primary N) is 10. The van der Waals surface area contributed by atoms with Crippen LogP contribution < -0.4 is 62.7 Å². The van der Waals surface area contributed by atoms with Crippen LogP contribution in [0.1, 0.15) is 19.3 Å². The van der Waals surface area contributed by atoms with Gasteiger partial charge < -0.3 is 181 Å². The van der Waals surface area contributed by atoms with Crippen LogP contribution in [0.5, 0.6) is 0 Å². The summed E-state index contributed by atoms with van der Waals surface area (Å²) in [5.41, 5.74) is 59.6. The summed E-state index contributed by atoms with van der Waals surface area (Å²) in [7, 11) is 1.55. The third kappa shape index (κ3) is 13.7. The van der Waals surface area contributed by atoms with Crippen LogP contribution in [0.2, 0.25) is 0 Å². The fraction of sp³-hybridized carbons (Fsp3) is 1.00. The van der Waals surface area contributed by atoms with Crippen LogP contribution in [0.4, 0.5) is 0 Å². The van der Waals surface area contributed by atoms with Crippen LogP contribution in [-0.4, -0.2) is 320 Å². The molecule has 35 heteroatoms. The zero-order valence-corrected chi connectivity index (χ0v) is 43.3. The Kier molecular flexibility index (Phi) is 22.9. The lowest BCUT2D eigenvalue weighted by atomic mass is 9.84. The van der Waals surface area contributed by atoms with E-state index >= 15 is 0 Å². The number of aliphatic hydroxyl groups is 13. The van der Waals surface area contributed by atoms with E-state index in [0.29, 0.717) is 0 Å². The fourth-order valence-corrected chi connectivity index (χ4v) is 11.2. The van der Waals surface area contributed by atoms with E-state index in [1.165, 1.54) is 0 Å². The molecule has 36 atom stereocenters. The number of rotatable bonds is 15. The zero-order chi connectivity index (χ0) is 58.2. The first kappa shape index (κ1) is 65.1. The highest BCUT2D eigenvalue weighted by Crippen LogP contribution is 2.37. The van der Waals surface area contributed by atoms with Crippen molar-refractivity contribution in [3.05, 3.63) is 0 Å². The highest BCUT2D eigenvalue weighted by molar-refractivity contribution is 5.04. The highest BCUT2D eigenvalue weighted by atomic mass is 16.8. The van der Waals surface area contributed by atoms with Gasteiger partial charge in [-0.25, -0.2) is 0 Å². The molecule has 6 saturated heterocycles. The molecule has 35 nitrogen and oxygen atoms in total. The van der Waals surface area contributed by atoms with Crippen LogP contribution in [0, 0.1) is 0 Å². The molecule has 0 unspecified atom stereocenters. The predicted octanol–water partition coefficient (Wildman–Crippen LogP) is -15.8. The molecule has 0 spiro atoms. The molecule has 0 aromatic carbocycles. The molecule has 0 aromatic rings. The number of hydrogen-bond donors (Lipinski definition) is 24. The molecule has 462 valence electrons. The Balaban J connectivity index is 0.000000230. The molecule has 8 rings (SSSR count). The average Bonchev–Trinajstić information content (AvgIpc) is 3.85. The van der Waals surface area contributed by atoms with Gasteiger partial charge in [0.1, 0.15) is 110 Å². The van der Waals surface area contributed by atoms with E-state index in [-0.39, 0.29) is 32.4 Å². The van der Waals surface area contributed by atoms with Crippen molar-refractivity contribution in [1.29, 1.82) is 0 Å². The second-order valence-electron chi connectivity index (χ2n) is 21.5. The quantitative estimate of drug-likeness (QED) is 0.0724. The van der Waals surface area contributed by atoms with Gasteiger partial charge in [0.25, 0.3) is 0 Å². The third-order valence-corrected chi connectivity index (χ3v) is 16.1. The molecule has 0 aromatic heterocycles. The summed E-state index contributed by atoms with van der Waals surface area (Å²) >= 11 is 0. The van der Waals surface area contributed by atoms with Gasteiger partial charge in [0.2, 0.25) is 0 Å². The van der Waals surface area contributed by atoms with Gasteiger partial charge in [0, 0.05) is 37.3 Å². The van der Waals surface area contributed by atoms with Gasteiger partial charge in [-0.2, -0.15) is 0 Å². The third-order valence-electron chi connectivity index (χ3n) is 16.1. The Morgan fingerprint density at radius 1 is 0.367 bits per heavy atom. The van der Waals surface area contributed by atoms with Crippen LogP contribution in [-0.2, 0) is 52.1 Å². The predicted molar refractivity (Wildman–Crippen MR) is 261 cm³/mol. The lowest BCUT2D eigenvalue weighted by Gasteiger charge is -2.51. The molecule has 0 radical (unpaired) electrons. The first-order chi connectivity index (χ1) is 37.3. The second kappa shape index (κ2) is 27.8. The molecule has 8 fully saturated rings. The summed E-state index contributed by atoms with van der Waals surface area (Å²) in [5.74, 6) is 0. The minimum Gasteiger partial charge on any atom is -0.394 e. The van der Waals surface area contributed by atoms with Crippen molar-refractivity contribution in [2.75, 3.05) is 33.4 Å². The number of hydrogen-bond acceptors (Lipinski definition) is 35. The van der Waals surface area contributed by atoms with Crippen molar-refractivity contribution in [3.8, 4) is 0 Å². The van der Waals surface area contributed by atoms with E-state index in [0.717, 1.165) is 0 Å². The number of fused-ring (bicyclic) bond motifs is 1. The Labute approximate surface area is 453 Å². The van der Waals surface area contributed by atoms with Gasteiger partial charge >= 0.3 is 0 Å². The molecular formula is C44H87N11O24. The van der Waals surface area contributed by atoms with Crippen LogP contribution >= 0.6 is 0 Å². The Hall–Kier alpha value is -1.40. The molecular weight excluding hydrogens is 1070 g/mol. The largest absolute Gasteiger partial charge is 0.394 e. The number of likely N-dealkylation sites (N-methyl/N-ethyl adjacent to an activating group) is 1. The Morgan fingerprint density at radius 3 is 1.38 bits per heavy atom. The van der Waals surface area contributed by atoms with E-state index in [4.69, 9.17) is 109 Å². The molecule has 6 aliphatic heterocycles. The van der Waals surface area contributed by atoms with Gasteiger partial charge in [0.05, 0.1) is 61.7 Å². The molecule has 0 amide bonds. The minimum absolute atomic E-state index is 0.0889. The molecule has 2 saturated carbocycles. The smallest absolute Gasteiger partial charge is 0.189 e. The van der Waals surface area contributed by atoms with Crippen molar-refractivity contribution < 1.29 is 118 Å². The maximum atomic E-state index is 11.1. The first-order valence-electron chi connectivity index (χ1n) is 26.3.